The van der Waals surface area contributed by atoms with Crippen LogP contribution in [0.1, 0.15) is 25.1 Å². The van der Waals surface area contributed by atoms with Gasteiger partial charge in [-0.05, 0) is 13.3 Å². The number of H-pyrrole nitrogens is 1. The summed E-state index contributed by atoms with van der Waals surface area (Å²) in [4.78, 5) is 6.84. The topological polar surface area (TPSA) is 66.1 Å². The molecule has 0 radical (unpaired) electrons. The molecule has 6 nitrogen and oxygen atoms in total. The van der Waals surface area contributed by atoms with Gasteiger partial charge in [-0.3, -0.25) is 5.10 Å². The predicted octanol–water partition coefficient (Wildman–Crippen LogP) is 0.107. The molecule has 0 amide bonds. The van der Waals surface area contributed by atoms with Gasteiger partial charge >= 0.3 is 0 Å². The lowest BCUT2D eigenvalue weighted by Crippen LogP contribution is -2.44. The number of anilines is 1. The van der Waals surface area contributed by atoms with Gasteiger partial charge in [-0.25, -0.2) is 0 Å². The molecular weight excluding hydrogens is 218 g/mol. The van der Waals surface area contributed by atoms with E-state index in [4.69, 9.17) is 4.74 Å². The fourth-order valence-electron chi connectivity index (χ4n) is 2.53. The molecule has 0 aliphatic carbocycles. The first-order chi connectivity index (χ1) is 8.34. The second-order valence-electron chi connectivity index (χ2n) is 4.73. The van der Waals surface area contributed by atoms with Gasteiger partial charge in [-0.2, -0.15) is 4.98 Å². The number of nitrogens with zero attached hydrogens (tertiary/aromatic N) is 3. The summed E-state index contributed by atoms with van der Waals surface area (Å²) in [5.74, 6) is 2.18. The van der Waals surface area contributed by atoms with E-state index < -0.39 is 0 Å². The second-order valence-corrected chi connectivity index (χ2v) is 4.73. The third-order valence-corrected chi connectivity index (χ3v) is 3.62. The van der Waals surface area contributed by atoms with Crippen molar-refractivity contribution < 1.29 is 4.74 Å². The first kappa shape index (κ1) is 11.0. The molecule has 94 valence electrons. The van der Waals surface area contributed by atoms with Crippen molar-refractivity contribution in [2.75, 3.05) is 37.7 Å². The number of hydrogen-bond donors (Lipinski definition) is 2. The summed E-state index contributed by atoms with van der Waals surface area (Å²) in [7, 11) is 0. The van der Waals surface area contributed by atoms with E-state index in [9.17, 15) is 0 Å². The molecule has 0 spiro atoms. The van der Waals surface area contributed by atoms with Crippen molar-refractivity contribution in [3.63, 3.8) is 0 Å². The molecule has 1 aromatic heterocycles. The molecule has 3 heterocycles. The van der Waals surface area contributed by atoms with Crippen molar-refractivity contribution >= 4 is 5.95 Å². The molecule has 17 heavy (non-hydrogen) atoms. The van der Waals surface area contributed by atoms with Crippen LogP contribution in [0.25, 0.3) is 0 Å². The van der Waals surface area contributed by atoms with E-state index in [1.165, 1.54) is 0 Å². The molecule has 0 aromatic carbocycles. The molecule has 2 saturated heterocycles. The molecular formula is C11H19N5O. The zero-order valence-electron chi connectivity index (χ0n) is 10.1. The van der Waals surface area contributed by atoms with Crippen LogP contribution < -0.4 is 10.2 Å². The highest BCUT2D eigenvalue weighted by Crippen LogP contribution is 2.29. The normalized spacial score (nSPS) is 29.8. The molecule has 2 aliphatic heterocycles. The van der Waals surface area contributed by atoms with Gasteiger partial charge < -0.3 is 15.0 Å². The number of rotatable bonds is 2. The molecule has 2 fully saturated rings. The van der Waals surface area contributed by atoms with Crippen LogP contribution in [0.2, 0.25) is 0 Å². The molecule has 2 aliphatic rings. The maximum absolute atomic E-state index is 5.56. The summed E-state index contributed by atoms with van der Waals surface area (Å²) in [6.45, 7) is 6.90. The zero-order valence-corrected chi connectivity index (χ0v) is 10.1. The van der Waals surface area contributed by atoms with Crippen molar-refractivity contribution in [2.24, 2.45) is 0 Å². The van der Waals surface area contributed by atoms with E-state index in [0.29, 0.717) is 5.92 Å². The van der Waals surface area contributed by atoms with Gasteiger partial charge in [0.15, 0.2) is 0 Å². The Labute approximate surface area is 101 Å². The van der Waals surface area contributed by atoms with Crippen LogP contribution in [0, 0.1) is 0 Å². The minimum Gasteiger partial charge on any atom is -0.378 e. The Bertz CT molecular complexity index is 374. The fraction of sp³-hybridized carbons (Fsp3) is 0.818. The van der Waals surface area contributed by atoms with E-state index in [-0.39, 0.29) is 6.10 Å². The van der Waals surface area contributed by atoms with Gasteiger partial charge in [0.05, 0.1) is 6.10 Å². The van der Waals surface area contributed by atoms with E-state index in [1.54, 1.807) is 0 Å². The maximum atomic E-state index is 5.56. The largest absolute Gasteiger partial charge is 0.378 e. The van der Waals surface area contributed by atoms with Crippen molar-refractivity contribution in [1.29, 1.82) is 0 Å². The van der Waals surface area contributed by atoms with Gasteiger partial charge in [-0.15, -0.1) is 5.10 Å². The summed E-state index contributed by atoms with van der Waals surface area (Å²) >= 11 is 0. The lowest BCUT2D eigenvalue weighted by atomic mass is 10.0. The number of nitrogens with one attached hydrogen (secondary N) is 2. The number of piperazine rings is 1. The molecule has 2 N–H and O–H groups in total. The van der Waals surface area contributed by atoms with Crippen LogP contribution in [0.4, 0.5) is 5.95 Å². The van der Waals surface area contributed by atoms with Crippen molar-refractivity contribution in [1.82, 2.24) is 20.5 Å². The van der Waals surface area contributed by atoms with Crippen LogP contribution in [0.3, 0.4) is 0 Å². The predicted molar refractivity (Wildman–Crippen MR) is 64.2 cm³/mol. The van der Waals surface area contributed by atoms with Gasteiger partial charge in [0.2, 0.25) is 5.95 Å². The average Bonchev–Trinajstić information content (AvgIpc) is 2.98. The monoisotopic (exact) mass is 237 g/mol. The summed E-state index contributed by atoms with van der Waals surface area (Å²) in [6, 6.07) is 0. The fourth-order valence-corrected chi connectivity index (χ4v) is 2.53. The van der Waals surface area contributed by atoms with Crippen LogP contribution in [0.15, 0.2) is 0 Å². The Morgan fingerprint density at radius 2 is 2.18 bits per heavy atom. The van der Waals surface area contributed by atoms with Crippen molar-refractivity contribution in [2.45, 2.75) is 25.4 Å². The van der Waals surface area contributed by atoms with Crippen molar-refractivity contribution in [3.8, 4) is 0 Å². The molecule has 6 heteroatoms. The van der Waals surface area contributed by atoms with Crippen LogP contribution in [-0.2, 0) is 4.74 Å². The number of ether oxygens (including phenoxy) is 1. The lowest BCUT2D eigenvalue weighted by Gasteiger charge is -2.25. The zero-order chi connectivity index (χ0) is 11.7. The summed E-state index contributed by atoms with van der Waals surface area (Å²) < 4.78 is 5.56. The molecule has 0 saturated carbocycles. The minimum atomic E-state index is 0.249. The highest BCUT2D eigenvalue weighted by atomic mass is 16.5. The van der Waals surface area contributed by atoms with Crippen LogP contribution >= 0.6 is 0 Å². The average molecular weight is 237 g/mol. The highest BCUT2D eigenvalue weighted by molar-refractivity contribution is 5.30. The smallest absolute Gasteiger partial charge is 0.244 e. The Morgan fingerprint density at radius 3 is 2.88 bits per heavy atom. The Morgan fingerprint density at radius 1 is 1.35 bits per heavy atom. The van der Waals surface area contributed by atoms with Crippen molar-refractivity contribution in [3.05, 3.63) is 5.82 Å². The Kier molecular flexibility index (Phi) is 2.98. The van der Waals surface area contributed by atoms with Gasteiger partial charge in [0.1, 0.15) is 5.82 Å². The summed E-state index contributed by atoms with van der Waals surface area (Å²) in [5, 5.41) is 10.7. The lowest BCUT2D eigenvalue weighted by molar-refractivity contribution is 0.117. The quantitative estimate of drug-likeness (QED) is 0.764. The third kappa shape index (κ3) is 2.14. The van der Waals surface area contributed by atoms with Gasteiger partial charge in [-0.1, -0.05) is 0 Å². The first-order valence-corrected chi connectivity index (χ1v) is 6.34. The maximum Gasteiger partial charge on any atom is 0.244 e. The second kappa shape index (κ2) is 4.62. The first-order valence-electron chi connectivity index (χ1n) is 6.34. The number of aromatic amines is 1. The molecule has 1 aromatic rings. The minimum absolute atomic E-state index is 0.249. The SMILES string of the molecule is CC1OCCC1c1nc(N2CCNCC2)n[nH]1. The number of aromatic nitrogens is 3. The standard InChI is InChI=1S/C11H19N5O/c1-8-9(2-7-17-8)10-13-11(15-14-10)16-5-3-12-4-6-16/h8-9,12H,2-7H2,1H3,(H,13,14,15). The van der Waals surface area contributed by atoms with Crippen LogP contribution in [-0.4, -0.2) is 54.1 Å². The van der Waals surface area contributed by atoms with E-state index in [1.807, 2.05) is 0 Å². The Balaban J connectivity index is 1.73. The Hall–Kier alpha value is -1.14. The third-order valence-electron chi connectivity index (χ3n) is 3.62. The molecule has 3 rings (SSSR count). The van der Waals surface area contributed by atoms with E-state index >= 15 is 0 Å². The van der Waals surface area contributed by atoms with Gasteiger partial charge in [0.25, 0.3) is 0 Å². The van der Waals surface area contributed by atoms with Crippen LogP contribution in [0.5, 0.6) is 0 Å². The molecule has 2 unspecified atom stereocenters. The molecule has 0 bridgehead atoms. The summed E-state index contributed by atoms with van der Waals surface area (Å²) in [6.07, 6.45) is 1.29. The number of hydrogen-bond acceptors (Lipinski definition) is 5. The summed E-state index contributed by atoms with van der Waals surface area (Å²) in [5.41, 5.74) is 0. The van der Waals surface area contributed by atoms with Gasteiger partial charge in [0, 0.05) is 38.7 Å². The van der Waals surface area contributed by atoms with E-state index in [2.05, 4.69) is 32.3 Å². The molecule has 2 atom stereocenters. The van der Waals surface area contributed by atoms with E-state index in [0.717, 1.165) is 51.0 Å². The highest BCUT2D eigenvalue weighted by Gasteiger charge is 2.29.